The van der Waals surface area contributed by atoms with Gasteiger partial charge in [-0.2, -0.15) is 0 Å². The highest BCUT2D eigenvalue weighted by Gasteiger charge is 2.18. The predicted octanol–water partition coefficient (Wildman–Crippen LogP) is 1.16. The van der Waals surface area contributed by atoms with Crippen molar-refractivity contribution in [1.29, 1.82) is 0 Å². The SMILES string of the molecule is CCCNC(C)c1nnc(NCC(=O)N2CCCC2)o1. The first kappa shape index (κ1) is 14.8. The summed E-state index contributed by atoms with van der Waals surface area (Å²) in [5.41, 5.74) is 0. The van der Waals surface area contributed by atoms with Crippen molar-refractivity contribution in [2.45, 2.75) is 39.2 Å². The molecule has 1 aliphatic heterocycles. The number of carbonyl (C=O) groups excluding carboxylic acids is 1. The fourth-order valence-electron chi connectivity index (χ4n) is 2.16. The van der Waals surface area contributed by atoms with E-state index in [2.05, 4.69) is 27.8 Å². The second kappa shape index (κ2) is 7.23. The molecular formula is C13H23N5O2. The number of rotatable bonds is 7. The molecule has 1 saturated heterocycles. The van der Waals surface area contributed by atoms with E-state index in [1.54, 1.807) is 0 Å². The average molecular weight is 281 g/mol. The Kier molecular flexibility index (Phi) is 5.34. The topological polar surface area (TPSA) is 83.3 Å². The lowest BCUT2D eigenvalue weighted by Gasteiger charge is -2.14. The summed E-state index contributed by atoms with van der Waals surface area (Å²) >= 11 is 0. The quantitative estimate of drug-likeness (QED) is 0.780. The normalized spacial score (nSPS) is 16.4. The van der Waals surface area contributed by atoms with E-state index >= 15 is 0 Å². The molecule has 0 aliphatic carbocycles. The fraction of sp³-hybridized carbons (Fsp3) is 0.769. The number of amides is 1. The van der Waals surface area contributed by atoms with E-state index in [-0.39, 0.29) is 18.5 Å². The summed E-state index contributed by atoms with van der Waals surface area (Å²) < 4.78 is 5.49. The van der Waals surface area contributed by atoms with Crippen LogP contribution in [0.3, 0.4) is 0 Å². The smallest absolute Gasteiger partial charge is 0.315 e. The van der Waals surface area contributed by atoms with E-state index < -0.39 is 0 Å². The molecule has 0 bridgehead atoms. The fourth-order valence-corrected chi connectivity index (χ4v) is 2.16. The molecule has 20 heavy (non-hydrogen) atoms. The number of likely N-dealkylation sites (tertiary alicyclic amines) is 1. The van der Waals surface area contributed by atoms with Crippen LogP contribution in [0.1, 0.15) is 45.0 Å². The molecule has 1 aromatic heterocycles. The lowest BCUT2D eigenvalue weighted by atomic mass is 10.3. The number of nitrogens with one attached hydrogen (secondary N) is 2. The maximum atomic E-state index is 11.9. The molecule has 1 fully saturated rings. The van der Waals surface area contributed by atoms with Crippen LogP contribution in [0.2, 0.25) is 0 Å². The number of hydrogen-bond acceptors (Lipinski definition) is 6. The highest BCUT2D eigenvalue weighted by Crippen LogP contribution is 2.14. The van der Waals surface area contributed by atoms with Crippen molar-refractivity contribution in [1.82, 2.24) is 20.4 Å². The Balaban J connectivity index is 1.78. The third-order valence-corrected chi connectivity index (χ3v) is 3.36. The Labute approximate surface area is 119 Å². The molecule has 1 aliphatic rings. The number of carbonyl (C=O) groups is 1. The first-order chi connectivity index (χ1) is 9.70. The Morgan fingerprint density at radius 2 is 2.15 bits per heavy atom. The second-order valence-electron chi connectivity index (χ2n) is 5.06. The average Bonchev–Trinajstić information content (AvgIpc) is 3.12. The van der Waals surface area contributed by atoms with Gasteiger partial charge in [-0.1, -0.05) is 12.0 Å². The van der Waals surface area contributed by atoms with E-state index in [0.29, 0.717) is 11.9 Å². The summed E-state index contributed by atoms with van der Waals surface area (Å²) in [7, 11) is 0. The van der Waals surface area contributed by atoms with Crippen LogP contribution in [0.4, 0.5) is 6.01 Å². The second-order valence-corrected chi connectivity index (χ2v) is 5.06. The highest BCUT2D eigenvalue weighted by molar-refractivity contribution is 5.80. The van der Waals surface area contributed by atoms with E-state index in [9.17, 15) is 4.79 Å². The van der Waals surface area contributed by atoms with Gasteiger partial charge in [-0.25, -0.2) is 0 Å². The maximum absolute atomic E-state index is 11.9. The minimum Gasteiger partial charge on any atom is -0.406 e. The summed E-state index contributed by atoms with van der Waals surface area (Å²) in [5.74, 6) is 0.619. The summed E-state index contributed by atoms with van der Waals surface area (Å²) in [6, 6.07) is 0.324. The van der Waals surface area contributed by atoms with Gasteiger partial charge in [-0.15, -0.1) is 5.10 Å². The van der Waals surface area contributed by atoms with Crippen molar-refractivity contribution >= 4 is 11.9 Å². The third kappa shape index (κ3) is 3.93. The van der Waals surface area contributed by atoms with Crippen LogP contribution < -0.4 is 10.6 Å². The van der Waals surface area contributed by atoms with E-state index in [1.807, 2.05) is 11.8 Å². The van der Waals surface area contributed by atoms with Crippen LogP contribution >= 0.6 is 0 Å². The van der Waals surface area contributed by atoms with Crippen molar-refractivity contribution in [3.05, 3.63) is 5.89 Å². The van der Waals surface area contributed by atoms with Crippen molar-refractivity contribution in [3.63, 3.8) is 0 Å². The largest absolute Gasteiger partial charge is 0.406 e. The minimum absolute atomic E-state index is 0.0206. The van der Waals surface area contributed by atoms with Gasteiger partial charge in [0.05, 0.1) is 12.6 Å². The molecule has 112 valence electrons. The number of aromatic nitrogens is 2. The van der Waals surface area contributed by atoms with Gasteiger partial charge in [-0.05, 0) is 32.7 Å². The number of anilines is 1. The van der Waals surface area contributed by atoms with Crippen LogP contribution in [-0.4, -0.2) is 47.2 Å². The predicted molar refractivity (Wildman–Crippen MR) is 75.3 cm³/mol. The van der Waals surface area contributed by atoms with Gasteiger partial charge in [0, 0.05) is 13.1 Å². The molecule has 1 unspecified atom stereocenters. The van der Waals surface area contributed by atoms with Gasteiger partial charge in [0.2, 0.25) is 11.8 Å². The zero-order chi connectivity index (χ0) is 14.4. The lowest BCUT2D eigenvalue weighted by Crippen LogP contribution is -2.33. The first-order valence-corrected chi connectivity index (χ1v) is 7.29. The summed E-state index contributed by atoms with van der Waals surface area (Å²) in [5, 5.41) is 14.0. The standard InChI is InChI=1S/C13H23N5O2/c1-3-6-14-10(2)12-16-17-13(20-12)15-9-11(19)18-7-4-5-8-18/h10,14H,3-9H2,1-2H3,(H,15,17). The van der Waals surface area contributed by atoms with Crippen LogP contribution in [-0.2, 0) is 4.79 Å². The van der Waals surface area contributed by atoms with Crippen LogP contribution in [0, 0.1) is 0 Å². The highest BCUT2D eigenvalue weighted by atomic mass is 16.4. The van der Waals surface area contributed by atoms with Gasteiger partial charge in [0.1, 0.15) is 0 Å². The van der Waals surface area contributed by atoms with Crippen molar-refractivity contribution in [2.24, 2.45) is 0 Å². The molecule has 1 atom stereocenters. The molecule has 0 saturated carbocycles. The molecule has 1 amide bonds. The molecule has 0 aromatic carbocycles. The lowest BCUT2D eigenvalue weighted by molar-refractivity contribution is -0.128. The van der Waals surface area contributed by atoms with Crippen molar-refractivity contribution in [3.8, 4) is 0 Å². The Morgan fingerprint density at radius 3 is 2.85 bits per heavy atom. The third-order valence-electron chi connectivity index (χ3n) is 3.36. The Hall–Kier alpha value is -1.63. The Bertz CT molecular complexity index is 428. The summed E-state index contributed by atoms with van der Waals surface area (Å²) in [6.07, 6.45) is 3.24. The molecule has 1 aromatic rings. The molecule has 0 spiro atoms. The maximum Gasteiger partial charge on any atom is 0.315 e. The van der Waals surface area contributed by atoms with Gasteiger partial charge in [-0.3, -0.25) is 4.79 Å². The summed E-state index contributed by atoms with van der Waals surface area (Å²) in [4.78, 5) is 13.7. The van der Waals surface area contributed by atoms with Crippen LogP contribution in [0.25, 0.3) is 0 Å². The van der Waals surface area contributed by atoms with Gasteiger partial charge in [0.15, 0.2) is 0 Å². The molecule has 7 heteroatoms. The molecule has 2 N–H and O–H groups in total. The zero-order valence-corrected chi connectivity index (χ0v) is 12.2. The molecule has 7 nitrogen and oxygen atoms in total. The van der Waals surface area contributed by atoms with E-state index in [1.165, 1.54) is 0 Å². The Morgan fingerprint density at radius 1 is 1.40 bits per heavy atom. The molecule has 2 rings (SSSR count). The van der Waals surface area contributed by atoms with Crippen molar-refractivity contribution < 1.29 is 9.21 Å². The first-order valence-electron chi connectivity index (χ1n) is 7.29. The molecular weight excluding hydrogens is 258 g/mol. The zero-order valence-electron chi connectivity index (χ0n) is 12.2. The molecule has 2 heterocycles. The molecule has 0 radical (unpaired) electrons. The number of hydrogen-bond donors (Lipinski definition) is 2. The monoisotopic (exact) mass is 281 g/mol. The van der Waals surface area contributed by atoms with Gasteiger partial charge in [0.25, 0.3) is 0 Å². The number of nitrogens with zero attached hydrogens (tertiary/aromatic N) is 3. The van der Waals surface area contributed by atoms with Gasteiger partial charge < -0.3 is 20.0 Å². The van der Waals surface area contributed by atoms with Gasteiger partial charge >= 0.3 is 6.01 Å². The van der Waals surface area contributed by atoms with Crippen LogP contribution in [0.15, 0.2) is 4.42 Å². The van der Waals surface area contributed by atoms with E-state index in [4.69, 9.17) is 4.42 Å². The van der Waals surface area contributed by atoms with Crippen molar-refractivity contribution in [2.75, 3.05) is 31.5 Å². The van der Waals surface area contributed by atoms with E-state index in [0.717, 1.165) is 38.9 Å². The van der Waals surface area contributed by atoms with Crippen LogP contribution in [0.5, 0.6) is 0 Å². The minimum atomic E-state index is 0.0206. The summed E-state index contributed by atoms with van der Waals surface area (Å²) in [6.45, 7) is 6.89.